The van der Waals surface area contributed by atoms with Crippen molar-refractivity contribution in [3.05, 3.63) is 47.4 Å². The number of likely N-dealkylation sites (tertiary alicyclic amines) is 1. The third-order valence-electron chi connectivity index (χ3n) is 6.47. The van der Waals surface area contributed by atoms with Crippen LogP contribution in [0.15, 0.2) is 36.1 Å². The van der Waals surface area contributed by atoms with E-state index in [-0.39, 0.29) is 12.1 Å². The molecule has 4 aromatic rings. The van der Waals surface area contributed by atoms with Gasteiger partial charge in [0.15, 0.2) is 5.82 Å². The van der Waals surface area contributed by atoms with E-state index in [1.54, 1.807) is 11.8 Å². The van der Waals surface area contributed by atoms with Gasteiger partial charge in [0, 0.05) is 24.5 Å². The van der Waals surface area contributed by atoms with Gasteiger partial charge < -0.3 is 15.0 Å². The van der Waals surface area contributed by atoms with Crippen molar-refractivity contribution >= 4 is 38.3 Å². The number of nitrogens with zero attached hydrogens (tertiary/aromatic N) is 5. The smallest absolute Gasteiger partial charge is 0.222 e. The van der Waals surface area contributed by atoms with Crippen LogP contribution in [0.2, 0.25) is 0 Å². The van der Waals surface area contributed by atoms with Crippen LogP contribution in [0.1, 0.15) is 50.9 Å². The number of benzene rings is 1. The summed E-state index contributed by atoms with van der Waals surface area (Å²) in [7, 11) is 0. The minimum Gasteiger partial charge on any atom is -0.474 e. The van der Waals surface area contributed by atoms with E-state index in [4.69, 9.17) is 9.72 Å². The van der Waals surface area contributed by atoms with E-state index in [9.17, 15) is 0 Å². The monoisotopic (exact) mass is 462 g/mol. The first-order valence-corrected chi connectivity index (χ1v) is 12.5. The Morgan fingerprint density at radius 1 is 1.12 bits per heavy atom. The van der Waals surface area contributed by atoms with Crippen LogP contribution in [-0.2, 0) is 0 Å². The average Bonchev–Trinajstić information content (AvgIpc) is 3.29. The molecule has 1 N–H and O–H groups in total. The molecule has 0 saturated carbocycles. The number of ether oxygens (including phenoxy) is 1. The predicted octanol–water partition coefficient (Wildman–Crippen LogP) is 5.37. The van der Waals surface area contributed by atoms with Crippen molar-refractivity contribution in [2.24, 2.45) is 0 Å². The zero-order chi connectivity index (χ0) is 22.9. The average molecular weight is 463 g/mol. The fraction of sp³-hybridized carbons (Fsp3) is 0.440. The number of pyridine rings is 1. The number of aromatic nitrogens is 4. The fourth-order valence-electron chi connectivity index (χ4n) is 4.52. The highest BCUT2D eigenvalue weighted by Gasteiger charge is 2.24. The van der Waals surface area contributed by atoms with Crippen LogP contribution >= 0.6 is 11.3 Å². The molecule has 0 aliphatic carbocycles. The molecule has 0 spiro atoms. The lowest BCUT2D eigenvalue weighted by Gasteiger charge is -2.34. The lowest BCUT2D eigenvalue weighted by molar-refractivity contribution is 0.0822. The molecule has 3 aromatic heterocycles. The second-order valence-corrected chi connectivity index (χ2v) is 9.90. The molecule has 5 rings (SSSR count). The highest BCUT2D eigenvalue weighted by Crippen LogP contribution is 2.33. The first-order valence-electron chi connectivity index (χ1n) is 11.6. The summed E-state index contributed by atoms with van der Waals surface area (Å²) in [6.45, 7) is 10.9. The fourth-order valence-corrected chi connectivity index (χ4v) is 5.15. The normalized spacial score (nSPS) is 16.5. The number of hydrogen-bond acceptors (Lipinski definition) is 8. The van der Waals surface area contributed by atoms with Crippen LogP contribution in [0.3, 0.4) is 0 Å². The van der Waals surface area contributed by atoms with Gasteiger partial charge in [0.25, 0.3) is 0 Å². The van der Waals surface area contributed by atoms with Crippen LogP contribution in [0, 0.1) is 6.92 Å². The van der Waals surface area contributed by atoms with Gasteiger partial charge in [-0.25, -0.2) is 19.9 Å². The number of nitrogens with one attached hydrogen (secondary N) is 1. The predicted molar refractivity (Wildman–Crippen MR) is 134 cm³/mol. The van der Waals surface area contributed by atoms with E-state index in [1.807, 2.05) is 0 Å². The van der Waals surface area contributed by atoms with Crippen molar-refractivity contribution in [3.63, 3.8) is 0 Å². The van der Waals surface area contributed by atoms with Crippen molar-refractivity contribution in [2.75, 3.05) is 18.4 Å². The van der Waals surface area contributed by atoms with Crippen LogP contribution in [0.4, 0.5) is 5.82 Å². The minimum atomic E-state index is -0.0696. The summed E-state index contributed by atoms with van der Waals surface area (Å²) in [6.07, 6.45) is 3.80. The van der Waals surface area contributed by atoms with Crippen LogP contribution in [-0.4, -0.2) is 50.1 Å². The highest BCUT2D eigenvalue weighted by molar-refractivity contribution is 7.16. The standard InChI is InChI=1S/C25H30N6OS/c1-15(2)31-10-8-19(9-11-31)32-24-21-16(3)6-5-7-18(21)12-20(30-24)17(4)29-23-22-25(27-13-26-23)33-14-28-22/h5-7,12-15,17,19H,8-11H2,1-4H3,(H,26,27,29)/t17-/m0/s1. The summed E-state index contributed by atoms with van der Waals surface area (Å²) in [5.74, 6) is 1.46. The highest BCUT2D eigenvalue weighted by atomic mass is 32.1. The van der Waals surface area contributed by atoms with Crippen molar-refractivity contribution in [3.8, 4) is 5.88 Å². The molecule has 1 aromatic carbocycles. The van der Waals surface area contributed by atoms with E-state index in [0.29, 0.717) is 6.04 Å². The zero-order valence-electron chi connectivity index (χ0n) is 19.6. The third-order valence-corrected chi connectivity index (χ3v) is 7.20. The summed E-state index contributed by atoms with van der Waals surface area (Å²) < 4.78 is 6.57. The SMILES string of the molecule is Cc1cccc2cc([C@H](C)Nc3ncnc4scnc34)nc(OC3CCN(C(C)C)CC3)c12. The van der Waals surface area contributed by atoms with Gasteiger partial charge in [0.1, 0.15) is 22.8 Å². The Hall–Kier alpha value is -2.84. The van der Waals surface area contributed by atoms with Crippen LogP contribution in [0.5, 0.6) is 5.88 Å². The topological polar surface area (TPSA) is 76.1 Å². The maximum Gasteiger partial charge on any atom is 0.222 e. The maximum atomic E-state index is 6.57. The van der Waals surface area contributed by atoms with Crippen LogP contribution < -0.4 is 10.1 Å². The molecule has 8 heteroatoms. The molecule has 0 amide bonds. The van der Waals surface area contributed by atoms with Gasteiger partial charge >= 0.3 is 0 Å². The van der Waals surface area contributed by atoms with E-state index in [2.05, 4.69) is 77.1 Å². The molecule has 1 fully saturated rings. The zero-order valence-corrected chi connectivity index (χ0v) is 20.4. The van der Waals surface area contributed by atoms with Crippen molar-refractivity contribution in [2.45, 2.75) is 58.7 Å². The summed E-state index contributed by atoms with van der Waals surface area (Å²) in [5, 5.41) is 5.73. The molecule has 33 heavy (non-hydrogen) atoms. The third kappa shape index (κ3) is 4.50. The molecule has 1 aliphatic rings. The Labute approximate surface area is 198 Å². The minimum absolute atomic E-state index is 0.0696. The van der Waals surface area contributed by atoms with Gasteiger partial charge in [-0.3, -0.25) is 0 Å². The molecular formula is C25H30N6OS. The Bertz CT molecular complexity index is 1260. The van der Waals surface area contributed by atoms with Crippen molar-refractivity contribution in [1.29, 1.82) is 0 Å². The first-order chi connectivity index (χ1) is 16.0. The lowest BCUT2D eigenvalue weighted by atomic mass is 10.0. The lowest BCUT2D eigenvalue weighted by Crippen LogP contribution is -2.41. The molecule has 4 heterocycles. The molecule has 0 unspecified atom stereocenters. The van der Waals surface area contributed by atoms with Crippen molar-refractivity contribution in [1.82, 2.24) is 24.8 Å². The summed E-state index contributed by atoms with van der Waals surface area (Å²) in [4.78, 5) is 21.5. The summed E-state index contributed by atoms with van der Waals surface area (Å²) in [6, 6.07) is 9.01. The van der Waals surface area contributed by atoms with Crippen molar-refractivity contribution < 1.29 is 4.74 Å². The van der Waals surface area contributed by atoms with E-state index in [0.717, 1.165) is 64.4 Å². The quantitative estimate of drug-likeness (QED) is 0.413. The van der Waals surface area contributed by atoms with Gasteiger partial charge in [-0.05, 0) is 57.6 Å². The Morgan fingerprint density at radius 3 is 2.73 bits per heavy atom. The number of piperidine rings is 1. The molecule has 0 bridgehead atoms. The Balaban J connectivity index is 1.44. The van der Waals surface area contributed by atoms with Gasteiger partial charge in [-0.2, -0.15) is 0 Å². The van der Waals surface area contributed by atoms with E-state index < -0.39 is 0 Å². The number of rotatable bonds is 6. The van der Waals surface area contributed by atoms with Gasteiger partial charge in [0.2, 0.25) is 5.88 Å². The Kier molecular flexibility index (Phi) is 6.12. The molecular weight excluding hydrogens is 432 g/mol. The largest absolute Gasteiger partial charge is 0.474 e. The summed E-state index contributed by atoms with van der Waals surface area (Å²) in [5.41, 5.74) is 4.69. The number of fused-ring (bicyclic) bond motifs is 2. The maximum absolute atomic E-state index is 6.57. The van der Waals surface area contributed by atoms with Gasteiger partial charge in [-0.1, -0.05) is 18.2 Å². The first kappa shape index (κ1) is 22.0. The van der Waals surface area contributed by atoms with Gasteiger partial charge in [-0.15, -0.1) is 11.3 Å². The molecule has 7 nitrogen and oxygen atoms in total. The molecule has 1 atom stereocenters. The number of aryl methyl sites for hydroxylation is 1. The number of hydrogen-bond donors (Lipinski definition) is 1. The molecule has 1 saturated heterocycles. The number of anilines is 1. The molecule has 172 valence electrons. The molecule has 1 aliphatic heterocycles. The van der Waals surface area contributed by atoms with E-state index in [1.165, 1.54) is 16.9 Å². The summed E-state index contributed by atoms with van der Waals surface area (Å²) >= 11 is 1.51. The second kappa shape index (κ2) is 9.19. The number of thiazole rings is 1. The van der Waals surface area contributed by atoms with Crippen LogP contribution in [0.25, 0.3) is 21.1 Å². The van der Waals surface area contributed by atoms with Gasteiger partial charge in [0.05, 0.1) is 17.2 Å². The molecule has 0 radical (unpaired) electrons. The Morgan fingerprint density at radius 2 is 1.94 bits per heavy atom. The van der Waals surface area contributed by atoms with E-state index >= 15 is 0 Å². The second-order valence-electron chi connectivity index (χ2n) is 9.07.